The molecule has 0 fully saturated rings. The maximum atomic E-state index is 6.47. The van der Waals surface area contributed by atoms with Crippen LogP contribution in [0.4, 0.5) is 0 Å². The molecule has 0 saturated heterocycles. The van der Waals surface area contributed by atoms with Gasteiger partial charge in [-0.3, -0.25) is 0 Å². The van der Waals surface area contributed by atoms with Gasteiger partial charge in [-0.25, -0.2) is 0 Å². The summed E-state index contributed by atoms with van der Waals surface area (Å²) < 4.78 is 7.61. The van der Waals surface area contributed by atoms with Crippen LogP contribution in [0.25, 0.3) is 65.4 Å². The molecule has 0 radical (unpaired) electrons. The van der Waals surface area contributed by atoms with Gasteiger partial charge in [-0.1, -0.05) is 91.0 Å². The van der Waals surface area contributed by atoms with Crippen LogP contribution in [0, 0.1) is 0 Å². The van der Waals surface area contributed by atoms with Crippen LogP contribution in [-0.2, 0) is 0 Å². The summed E-state index contributed by atoms with van der Waals surface area (Å²) in [4.78, 5) is 0. The Hall–Kier alpha value is -3.62. The first-order chi connectivity index (χ1) is 15.8. The average Bonchev–Trinajstić information content (AvgIpc) is 3.24. The molecule has 0 spiro atoms. The Labute approximate surface area is 193 Å². The third kappa shape index (κ3) is 2.39. The molecule has 0 saturated carbocycles. The molecule has 32 heavy (non-hydrogen) atoms. The van der Waals surface area contributed by atoms with E-state index in [9.17, 15) is 0 Å². The van der Waals surface area contributed by atoms with E-state index in [1.54, 1.807) is 0 Å². The van der Waals surface area contributed by atoms with Gasteiger partial charge < -0.3 is 4.42 Å². The summed E-state index contributed by atoms with van der Waals surface area (Å²) in [6, 6.07) is 36.5. The normalized spacial score (nSPS) is 11.9. The van der Waals surface area contributed by atoms with E-state index in [-0.39, 0.29) is 0 Å². The predicted molar refractivity (Wildman–Crippen MR) is 139 cm³/mol. The summed E-state index contributed by atoms with van der Waals surface area (Å²) in [6.45, 7) is 0. The maximum absolute atomic E-state index is 6.47. The second-order valence-electron chi connectivity index (χ2n) is 8.22. The van der Waals surface area contributed by atoms with Gasteiger partial charge in [0.25, 0.3) is 0 Å². The van der Waals surface area contributed by atoms with Crippen molar-refractivity contribution < 1.29 is 4.42 Å². The zero-order valence-electron chi connectivity index (χ0n) is 17.1. The second-order valence-corrected chi connectivity index (χ2v) is 9.02. The molecular formula is C30H17BrO. The molecule has 0 aliphatic carbocycles. The summed E-state index contributed by atoms with van der Waals surface area (Å²) >= 11 is 3.88. The van der Waals surface area contributed by atoms with E-state index < -0.39 is 0 Å². The molecule has 0 N–H and O–H groups in total. The minimum atomic E-state index is 0.921. The SMILES string of the molecule is Brc1c2ccccc2c(-c2cccc3oc4c5ccccc5ccc4c23)c2ccccc12. The molecule has 0 amide bonds. The van der Waals surface area contributed by atoms with E-state index in [4.69, 9.17) is 4.42 Å². The lowest BCUT2D eigenvalue weighted by Crippen LogP contribution is -1.88. The van der Waals surface area contributed by atoms with E-state index in [2.05, 4.69) is 119 Å². The van der Waals surface area contributed by atoms with Crippen molar-refractivity contribution in [1.82, 2.24) is 0 Å². The zero-order chi connectivity index (χ0) is 21.2. The van der Waals surface area contributed by atoms with E-state index in [1.807, 2.05) is 0 Å². The van der Waals surface area contributed by atoms with Crippen LogP contribution >= 0.6 is 15.9 Å². The lowest BCUT2D eigenvalue weighted by molar-refractivity contribution is 0.673. The van der Waals surface area contributed by atoms with Gasteiger partial charge >= 0.3 is 0 Å². The summed E-state index contributed by atoms with van der Waals surface area (Å²) in [6.07, 6.45) is 0. The van der Waals surface area contributed by atoms with Crippen LogP contribution in [-0.4, -0.2) is 0 Å². The van der Waals surface area contributed by atoms with E-state index in [0.29, 0.717) is 0 Å². The molecule has 6 aromatic carbocycles. The van der Waals surface area contributed by atoms with Crippen LogP contribution in [0.5, 0.6) is 0 Å². The molecule has 2 heteroatoms. The lowest BCUT2D eigenvalue weighted by atomic mass is 9.89. The topological polar surface area (TPSA) is 13.1 Å². The van der Waals surface area contributed by atoms with Crippen molar-refractivity contribution >= 4 is 70.2 Å². The van der Waals surface area contributed by atoms with Crippen molar-refractivity contribution in [2.24, 2.45) is 0 Å². The summed E-state index contributed by atoms with van der Waals surface area (Å²) in [5.74, 6) is 0. The van der Waals surface area contributed by atoms with Gasteiger partial charge in [0.1, 0.15) is 11.2 Å². The average molecular weight is 473 g/mol. The number of rotatable bonds is 1. The van der Waals surface area contributed by atoms with E-state index in [1.165, 1.54) is 43.4 Å². The van der Waals surface area contributed by atoms with Crippen LogP contribution in [0.2, 0.25) is 0 Å². The van der Waals surface area contributed by atoms with Crippen molar-refractivity contribution in [2.45, 2.75) is 0 Å². The Morgan fingerprint density at radius 3 is 1.84 bits per heavy atom. The van der Waals surface area contributed by atoms with Gasteiger partial charge in [-0.2, -0.15) is 0 Å². The highest BCUT2D eigenvalue weighted by atomic mass is 79.9. The van der Waals surface area contributed by atoms with Gasteiger partial charge in [-0.05, 0) is 66.1 Å². The van der Waals surface area contributed by atoms with Crippen molar-refractivity contribution in [3.63, 3.8) is 0 Å². The second kappa shape index (κ2) is 6.69. The molecule has 150 valence electrons. The lowest BCUT2D eigenvalue weighted by Gasteiger charge is -2.15. The summed E-state index contributed by atoms with van der Waals surface area (Å²) in [5, 5.41) is 9.59. The molecule has 7 aromatic rings. The first-order valence-electron chi connectivity index (χ1n) is 10.7. The third-order valence-electron chi connectivity index (χ3n) is 6.52. The van der Waals surface area contributed by atoms with Gasteiger partial charge in [0, 0.05) is 20.6 Å². The molecule has 1 heterocycles. The number of furan rings is 1. The molecule has 0 aliphatic rings. The monoisotopic (exact) mass is 472 g/mol. The Kier molecular flexibility index (Phi) is 3.76. The van der Waals surface area contributed by atoms with Crippen molar-refractivity contribution in [2.75, 3.05) is 0 Å². The first-order valence-corrected chi connectivity index (χ1v) is 11.5. The van der Waals surface area contributed by atoms with Gasteiger partial charge in [0.2, 0.25) is 0 Å². The molecule has 0 unspecified atom stereocenters. The largest absolute Gasteiger partial charge is 0.455 e. The van der Waals surface area contributed by atoms with Crippen LogP contribution < -0.4 is 0 Å². The van der Waals surface area contributed by atoms with Crippen LogP contribution in [0.1, 0.15) is 0 Å². The van der Waals surface area contributed by atoms with Gasteiger partial charge in [-0.15, -0.1) is 0 Å². The molecule has 0 atom stereocenters. The maximum Gasteiger partial charge on any atom is 0.143 e. The molecule has 1 aromatic heterocycles. The van der Waals surface area contributed by atoms with Crippen LogP contribution in [0.15, 0.2) is 112 Å². The van der Waals surface area contributed by atoms with Crippen molar-refractivity contribution in [1.29, 1.82) is 0 Å². The molecular weight excluding hydrogens is 456 g/mol. The number of fused-ring (bicyclic) bond motifs is 7. The van der Waals surface area contributed by atoms with Crippen molar-refractivity contribution in [3.8, 4) is 11.1 Å². The highest BCUT2D eigenvalue weighted by molar-refractivity contribution is 9.10. The number of benzene rings is 6. The fourth-order valence-electron chi connectivity index (χ4n) is 5.13. The molecule has 0 aliphatic heterocycles. The number of halogens is 1. The molecule has 1 nitrogen and oxygen atoms in total. The van der Waals surface area contributed by atoms with E-state index in [0.717, 1.165) is 26.4 Å². The number of hydrogen-bond donors (Lipinski definition) is 0. The smallest absolute Gasteiger partial charge is 0.143 e. The Bertz CT molecular complexity index is 1780. The molecule has 0 bridgehead atoms. The van der Waals surface area contributed by atoms with Gasteiger partial charge in [0.15, 0.2) is 0 Å². The fourth-order valence-corrected chi connectivity index (χ4v) is 5.82. The standard InChI is InChI=1S/C30H17BrO/c31-29-22-12-5-3-10-20(22)27(21-11-4-6-13-23(21)29)24-14-7-15-26-28(24)25-17-16-18-8-1-2-9-19(18)30(25)32-26/h1-17H. The third-order valence-corrected chi connectivity index (χ3v) is 7.38. The Morgan fingerprint density at radius 2 is 1.12 bits per heavy atom. The minimum absolute atomic E-state index is 0.921. The zero-order valence-corrected chi connectivity index (χ0v) is 18.7. The highest BCUT2D eigenvalue weighted by Gasteiger charge is 2.19. The molecule has 7 rings (SSSR count). The predicted octanol–water partition coefficient (Wildman–Crippen LogP) is 9.48. The number of hydrogen-bond acceptors (Lipinski definition) is 1. The fraction of sp³-hybridized carbons (Fsp3) is 0. The summed E-state index contributed by atoms with van der Waals surface area (Å²) in [5.41, 5.74) is 4.33. The minimum Gasteiger partial charge on any atom is -0.455 e. The Balaban J connectivity index is 1.72. The van der Waals surface area contributed by atoms with Crippen LogP contribution in [0.3, 0.4) is 0 Å². The van der Waals surface area contributed by atoms with Gasteiger partial charge in [0.05, 0.1) is 0 Å². The van der Waals surface area contributed by atoms with Crippen molar-refractivity contribution in [3.05, 3.63) is 108 Å². The quantitative estimate of drug-likeness (QED) is 0.217. The first kappa shape index (κ1) is 18.0. The summed E-state index contributed by atoms with van der Waals surface area (Å²) in [7, 11) is 0. The Morgan fingerprint density at radius 1 is 0.500 bits per heavy atom. The van der Waals surface area contributed by atoms with E-state index >= 15 is 0 Å². The highest BCUT2D eigenvalue weighted by Crippen LogP contribution is 2.46.